The van der Waals surface area contributed by atoms with E-state index in [-0.39, 0.29) is 0 Å². The first-order valence-corrected chi connectivity index (χ1v) is 7.02. The molecule has 3 unspecified atom stereocenters. The van der Waals surface area contributed by atoms with E-state index in [0.717, 1.165) is 12.0 Å². The van der Waals surface area contributed by atoms with Gasteiger partial charge in [-0.3, -0.25) is 0 Å². The molecule has 1 fully saturated rings. The van der Waals surface area contributed by atoms with E-state index >= 15 is 0 Å². The van der Waals surface area contributed by atoms with Crippen molar-refractivity contribution in [1.82, 2.24) is 10.2 Å². The summed E-state index contributed by atoms with van der Waals surface area (Å²) in [6.07, 6.45) is 8.35. The standard InChI is InChI=1S/C14H30N2/c1-12-8-5-6-10-14(12)16(4)11-7-9-13(2)15-3/h12-15H,5-11H2,1-4H3. The van der Waals surface area contributed by atoms with Gasteiger partial charge in [-0.25, -0.2) is 0 Å². The van der Waals surface area contributed by atoms with Gasteiger partial charge in [0, 0.05) is 12.1 Å². The van der Waals surface area contributed by atoms with Gasteiger partial charge in [-0.2, -0.15) is 0 Å². The van der Waals surface area contributed by atoms with E-state index in [9.17, 15) is 0 Å². The fourth-order valence-corrected chi connectivity index (χ4v) is 2.91. The lowest BCUT2D eigenvalue weighted by atomic mass is 9.85. The highest BCUT2D eigenvalue weighted by Gasteiger charge is 2.24. The van der Waals surface area contributed by atoms with Crippen LogP contribution in [0.4, 0.5) is 0 Å². The third kappa shape index (κ3) is 4.42. The number of rotatable bonds is 6. The Bertz CT molecular complexity index is 182. The number of nitrogens with one attached hydrogen (secondary N) is 1. The lowest BCUT2D eigenvalue weighted by Crippen LogP contribution is -2.39. The average Bonchev–Trinajstić information content (AvgIpc) is 2.29. The smallest absolute Gasteiger partial charge is 0.0118 e. The van der Waals surface area contributed by atoms with Gasteiger partial charge in [0.1, 0.15) is 0 Å². The highest BCUT2D eigenvalue weighted by Crippen LogP contribution is 2.27. The lowest BCUT2D eigenvalue weighted by molar-refractivity contribution is 0.137. The van der Waals surface area contributed by atoms with Crippen LogP contribution in [0.15, 0.2) is 0 Å². The molecule has 0 heterocycles. The maximum Gasteiger partial charge on any atom is 0.0118 e. The molecule has 0 aliphatic heterocycles. The van der Waals surface area contributed by atoms with E-state index in [4.69, 9.17) is 0 Å². The molecular formula is C14H30N2. The molecule has 0 aromatic carbocycles. The van der Waals surface area contributed by atoms with Crippen molar-refractivity contribution in [1.29, 1.82) is 0 Å². The van der Waals surface area contributed by atoms with E-state index in [1.165, 1.54) is 45.1 Å². The molecule has 0 spiro atoms. The minimum Gasteiger partial charge on any atom is -0.317 e. The largest absolute Gasteiger partial charge is 0.317 e. The Labute approximate surface area is 102 Å². The molecule has 1 N–H and O–H groups in total. The molecule has 0 amide bonds. The van der Waals surface area contributed by atoms with E-state index in [0.29, 0.717) is 6.04 Å². The normalized spacial score (nSPS) is 28.3. The molecule has 0 radical (unpaired) electrons. The number of hydrogen-bond donors (Lipinski definition) is 1. The van der Waals surface area contributed by atoms with Gasteiger partial charge in [0.05, 0.1) is 0 Å². The van der Waals surface area contributed by atoms with Crippen LogP contribution in [0, 0.1) is 5.92 Å². The van der Waals surface area contributed by atoms with Crippen molar-refractivity contribution in [2.75, 3.05) is 20.6 Å². The van der Waals surface area contributed by atoms with Crippen molar-refractivity contribution in [2.45, 2.75) is 64.5 Å². The van der Waals surface area contributed by atoms with Crippen molar-refractivity contribution in [3.63, 3.8) is 0 Å². The van der Waals surface area contributed by atoms with Crippen LogP contribution in [-0.2, 0) is 0 Å². The molecule has 0 aromatic heterocycles. The second-order valence-electron chi connectivity index (χ2n) is 5.64. The zero-order valence-corrected chi connectivity index (χ0v) is 11.6. The molecule has 2 heteroatoms. The van der Waals surface area contributed by atoms with Crippen LogP contribution < -0.4 is 5.32 Å². The summed E-state index contributed by atoms with van der Waals surface area (Å²) in [5.74, 6) is 0.903. The Kier molecular flexibility index (Phi) is 6.37. The Balaban J connectivity index is 2.20. The topological polar surface area (TPSA) is 15.3 Å². The Morgan fingerprint density at radius 2 is 2.00 bits per heavy atom. The van der Waals surface area contributed by atoms with Crippen molar-refractivity contribution in [3.8, 4) is 0 Å². The first kappa shape index (κ1) is 14.0. The zero-order valence-electron chi connectivity index (χ0n) is 11.6. The molecule has 1 aliphatic carbocycles. The van der Waals surface area contributed by atoms with Crippen LogP contribution in [-0.4, -0.2) is 37.6 Å². The molecule has 3 atom stereocenters. The Hall–Kier alpha value is -0.0800. The van der Waals surface area contributed by atoms with Crippen molar-refractivity contribution < 1.29 is 0 Å². The highest BCUT2D eigenvalue weighted by atomic mass is 15.1. The van der Waals surface area contributed by atoms with Gasteiger partial charge < -0.3 is 10.2 Å². The van der Waals surface area contributed by atoms with Crippen LogP contribution in [0.1, 0.15) is 52.4 Å². The Morgan fingerprint density at radius 1 is 1.31 bits per heavy atom. The summed E-state index contributed by atoms with van der Waals surface area (Å²) < 4.78 is 0. The summed E-state index contributed by atoms with van der Waals surface area (Å²) in [7, 11) is 4.37. The predicted octanol–water partition coefficient (Wildman–Crippen LogP) is 2.89. The summed E-state index contributed by atoms with van der Waals surface area (Å²) in [6.45, 7) is 5.96. The molecule has 1 rings (SSSR count). The van der Waals surface area contributed by atoms with E-state index < -0.39 is 0 Å². The zero-order chi connectivity index (χ0) is 12.0. The number of hydrogen-bond acceptors (Lipinski definition) is 2. The van der Waals surface area contributed by atoms with Crippen LogP contribution >= 0.6 is 0 Å². The molecule has 96 valence electrons. The average molecular weight is 226 g/mol. The maximum absolute atomic E-state index is 3.31. The van der Waals surface area contributed by atoms with Crippen LogP contribution in [0.3, 0.4) is 0 Å². The van der Waals surface area contributed by atoms with Gasteiger partial charge in [-0.05, 0) is 59.2 Å². The van der Waals surface area contributed by atoms with Crippen molar-refractivity contribution >= 4 is 0 Å². The van der Waals surface area contributed by atoms with Gasteiger partial charge in [-0.1, -0.05) is 19.8 Å². The summed E-state index contributed by atoms with van der Waals surface area (Å²) in [6, 6.07) is 1.51. The fourth-order valence-electron chi connectivity index (χ4n) is 2.91. The lowest BCUT2D eigenvalue weighted by Gasteiger charge is -2.36. The van der Waals surface area contributed by atoms with Crippen molar-refractivity contribution in [2.24, 2.45) is 5.92 Å². The van der Waals surface area contributed by atoms with E-state index in [1.807, 2.05) is 0 Å². The second-order valence-corrected chi connectivity index (χ2v) is 5.64. The molecule has 0 bridgehead atoms. The van der Waals surface area contributed by atoms with Gasteiger partial charge in [0.15, 0.2) is 0 Å². The molecule has 16 heavy (non-hydrogen) atoms. The van der Waals surface area contributed by atoms with E-state index in [1.54, 1.807) is 0 Å². The summed E-state index contributed by atoms with van der Waals surface area (Å²) in [5.41, 5.74) is 0. The first-order valence-electron chi connectivity index (χ1n) is 7.02. The molecule has 2 nitrogen and oxygen atoms in total. The quantitative estimate of drug-likeness (QED) is 0.749. The molecule has 1 saturated carbocycles. The third-order valence-electron chi connectivity index (χ3n) is 4.27. The van der Waals surface area contributed by atoms with Crippen LogP contribution in [0.25, 0.3) is 0 Å². The van der Waals surface area contributed by atoms with E-state index in [2.05, 4.69) is 38.2 Å². The molecule has 0 saturated heterocycles. The predicted molar refractivity (Wildman–Crippen MR) is 71.8 cm³/mol. The summed E-state index contributed by atoms with van der Waals surface area (Å²) in [4.78, 5) is 2.60. The second kappa shape index (κ2) is 7.29. The van der Waals surface area contributed by atoms with Gasteiger partial charge in [0.2, 0.25) is 0 Å². The SMILES string of the molecule is CNC(C)CCCN(C)C1CCCCC1C. The molecule has 1 aliphatic rings. The summed E-state index contributed by atoms with van der Waals surface area (Å²) in [5, 5.41) is 3.31. The van der Waals surface area contributed by atoms with Crippen LogP contribution in [0.5, 0.6) is 0 Å². The molecular weight excluding hydrogens is 196 g/mol. The summed E-state index contributed by atoms with van der Waals surface area (Å²) >= 11 is 0. The monoisotopic (exact) mass is 226 g/mol. The maximum atomic E-state index is 3.31. The minimum absolute atomic E-state index is 0.664. The Morgan fingerprint density at radius 3 is 2.62 bits per heavy atom. The minimum atomic E-state index is 0.664. The highest BCUT2D eigenvalue weighted by molar-refractivity contribution is 4.79. The van der Waals surface area contributed by atoms with Gasteiger partial charge in [0.25, 0.3) is 0 Å². The van der Waals surface area contributed by atoms with Gasteiger partial charge in [-0.15, -0.1) is 0 Å². The van der Waals surface area contributed by atoms with Crippen molar-refractivity contribution in [3.05, 3.63) is 0 Å². The van der Waals surface area contributed by atoms with Crippen LogP contribution in [0.2, 0.25) is 0 Å². The molecule has 0 aromatic rings. The third-order valence-corrected chi connectivity index (χ3v) is 4.27. The first-order chi connectivity index (χ1) is 7.65. The fraction of sp³-hybridized carbons (Fsp3) is 1.00. The van der Waals surface area contributed by atoms with Gasteiger partial charge >= 0.3 is 0 Å². The number of nitrogens with zero attached hydrogens (tertiary/aromatic N) is 1.